The SMILES string of the molecule is CCOCCCCNC(=NC)NC(C)c1ccc(OCC)c(OCC)c1. The smallest absolute Gasteiger partial charge is 0.191 e. The van der Waals surface area contributed by atoms with Crippen molar-refractivity contribution in [3.8, 4) is 11.5 Å². The maximum atomic E-state index is 5.71. The third-order valence-corrected chi connectivity index (χ3v) is 3.86. The highest BCUT2D eigenvalue weighted by Crippen LogP contribution is 2.30. The van der Waals surface area contributed by atoms with Crippen LogP contribution in [0, 0.1) is 0 Å². The molecule has 0 bridgehead atoms. The largest absolute Gasteiger partial charge is 0.490 e. The van der Waals surface area contributed by atoms with Gasteiger partial charge in [-0.2, -0.15) is 0 Å². The minimum atomic E-state index is 0.0968. The van der Waals surface area contributed by atoms with Crippen LogP contribution in [0.15, 0.2) is 23.2 Å². The normalized spacial score (nSPS) is 12.6. The van der Waals surface area contributed by atoms with Crippen molar-refractivity contribution < 1.29 is 14.2 Å². The summed E-state index contributed by atoms with van der Waals surface area (Å²) in [6.45, 7) is 11.7. The van der Waals surface area contributed by atoms with Crippen LogP contribution in [0.25, 0.3) is 0 Å². The summed E-state index contributed by atoms with van der Waals surface area (Å²) in [5.41, 5.74) is 1.12. The van der Waals surface area contributed by atoms with Gasteiger partial charge in [0.05, 0.1) is 19.3 Å². The molecule has 1 unspecified atom stereocenters. The van der Waals surface area contributed by atoms with Gasteiger partial charge in [0.15, 0.2) is 17.5 Å². The van der Waals surface area contributed by atoms with Crippen LogP contribution < -0.4 is 20.1 Å². The zero-order valence-corrected chi connectivity index (χ0v) is 16.9. The molecule has 0 fully saturated rings. The molecule has 0 aromatic heterocycles. The van der Waals surface area contributed by atoms with E-state index in [0.29, 0.717) is 13.2 Å². The number of unbranched alkanes of at least 4 members (excludes halogenated alkanes) is 1. The highest BCUT2D eigenvalue weighted by molar-refractivity contribution is 5.80. The second kappa shape index (κ2) is 13.3. The second-order valence-corrected chi connectivity index (χ2v) is 5.84. The number of hydrogen-bond donors (Lipinski definition) is 2. The fourth-order valence-corrected chi connectivity index (χ4v) is 2.50. The van der Waals surface area contributed by atoms with Crippen LogP contribution in [-0.4, -0.2) is 46.0 Å². The van der Waals surface area contributed by atoms with E-state index < -0.39 is 0 Å². The van der Waals surface area contributed by atoms with E-state index >= 15 is 0 Å². The number of benzene rings is 1. The molecule has 0 aliphatic heterocycles. The van der Waals surface area contributed by atoms with Gasteiger partial charge in [0, 0.05) is 26.8 Å². The van der Waals surface area contributed by atoms with Gasteiger partial charge in [-0.1, -0.05) is 6.07 Å². The van der Waals surface area contributed by atoms with E-state index in [9.17, 15) is 0 Å². The average Bonchev–Trinajstić information content (AvgIpc) is 2.65. The number of ether oxygens (including phenoxy) is 3. The number of rotatable bonds is 12. The summed E-state index contributed by atoms with van der Waals surface area (Å²) in [7, 11) is 1.78. The number of hydrogen-bond acceptors (Lipinski definition) is 4. The molecule has 2 N–H and O–H groups in total. The van der Waals surface area contributed by atoms with Gasteiger partial charge in [-0.25, -0.2) is 0 Å². The van der Waals surface area contributed by atoms with Gasteiger partial charge in [-0.3, -0.25) is 4.99 Å². The molecule has 1 rings (SSSR count). The van der Waals surface area contributed by atoms with Crippen molar-refractivity contribution in [3.05, 3.63) is 23.8 Å². The Bertz CT molecular complexity index is 535. The molecule has 0 heterocycles. The summed E-state index contributed by atoms with van der Waals surface area (Å²) in [6, 6.07) is 6.15. The van der Waals surface area contributed by atoms with E-state index in [1.54, 1.807) is 7.05 Å². The Morgan fingerprint density at radius 2 is 1.77 bits per heavy atom. The maximum Gasteiger partial charge on any atom is 0.191 e. The molecule has 0 aliphatic carbocycles. The van der Waals surface area contributed by atoms with Crippen LogP contribution in [0.2, 0.25) is 0 Å². The molecule has 6 nitrogen and oxygen atoms in total. The molecular weight excluding hydrogens is 330 g/mol. The van der Waals surface area contributed by atoms with Crippen LogP contribution in [0.4, 0.5) is 0 Å². The fourth-order valence-electron chi connectivity index (χ4n) is 2.50. The Balaban J connectivity index is 2.58. The summed E-state index contributed by atoms with van der Waals surface area (Å²) in [5.74, 6) is 2.35. The number of aliphatic imine (C=N–C) groups is 1. The van der Waals surface area contributed by atoms with Crippen LogP contribution in [0.5, 0.6) is 11.5 Å². The lowest BCUT2D eigenvalue weighted by Gasteiger charge is -2.20. The highest BCUT2D eigenvalue weighted by Gasteiger charge is 2.12. The van der Waals surface area contributed by atoms with Crippen molar-refractivity contribution in [2.75, 3.05) is 40.0 Å². The van der Waals surface area contributed by atoms with E-state index in [1.165, 1.54) is 0 Å². The Morgan fingerprint density at radius 3 is 2.42 bits per heavy atom. The van der Waals surface area contributed by atoms with Crippen molar-refractivity contribution in [2.45, 2.75) is 46.6 Å². The predicted octanol–water partition coefficient (Wildman–Crippen LogP) is 3.53. The first-order chi connectivity index (χ1) is 12.7. The Hall–Kier alpha value is -1.95. The molecule has 1 aromatic carbocycles. The molecule has 148 valence electrons. The number of guanidine groups is 1. The summed E-state index contributed by atoms with van der Waals surface area (Å²) >= 11 is 0. The molecule has 6 heteroatoms. The third kappa shape index (κ3) is 7.95. The molecule has 0 amide bonds. The van der Waals surface area contributed by atoms with E-state index in [-0.39, 0.29) is 6.04 Å². The molecule has 0 saturated heterocycles. The van der Waals surface area contributed by atoms with E-state index in [1.807, 2.05) is 32.9 Å². The quantitative estimate of drug-likeness (QED) is 0.337. The number of nitrogens with one attached hydrogen (secondary N) is 2. The van der Waals surface area contributed by atoms with Gasteiger partial charge in [0.2, 0.25) is 0 Å². The van der Waals surface area contributed by atoms with E-state index in [0.717, 1.165) is 55.6 Å². The maximum absolute atomic E-state index is 5.71. The van der Waals surface area contributed by atoms with Gasteiger partial charge in [-0.05, 0) is 58.2 Å². The van der Waals surface area contributed by atoms with Crippen LogP contribution in [0.3, 0.4) is 0 Å². The molecule has 26 heavy (non-hydrogen) atoms. The minimum Gasteiger partial charge on any atom is -0.490 e. The first kappa shape index (κ1) is 22.1. The average molecular weight is 366 g/mol. The highest BCUT2D eigenvalue weighted by atomic mass is 16.5. The van der Waals surface area contributed by atoms with Gasteiger partial charge >= 0.3 is 0 Å². The van der Waals surface area contributed by atoms with Gasteiger partial charge < -0.3 is 24.8 Å². The van der Waals surface area contributed by atoms with Crippen molar-refractivity contribution in [1.29, 1.82) is 0 Å². The van der Waals surface area contributed by atoms with Crippen LogP contribution in [-0.2, 0) is 4.74 Å². The Morgan fingerprint density at radius 1 is 1.04 bits per heavy atom. The van der Waals surface area contributed by atoms with Gasteiger partial charge in [-0.15, -0.1) is 0 Å². The summed E-state index contributed by atoms with van der Waals surface area (Å²) in [6.07, 6.45) is 2.09. The fraction of sp³-hybridized carbons (Fsp3) is 0.650. The molecule has 0 radical (unpaired) electrons. The molecule has 0 spiro atoms. The molecule has 0 aliphatic rings. The van der Waals surface area contributed by atoms with Crippen molar-refractivity contribution in [1.82, 2.24) is 10.6 Å². The van der Waals surface area contributed by atoms with E-state index in [4.69, 9.17) is 14.2 Å². The second-order valence-electron chi connectivity index (χ2n) is 5.84. The zero-order valence-electron chi connectivity index (χ0n) is 16.9. The van der Waals surface area contributed by atoms with Gasteiger partial charge in [0.25, 0.3) is 0 Å². The first-order valence-corrected chi connectivity index (χ1v) is 9.60. The lowest BCUT2D eigenvalue weighted by molar-refractivity contribution is 0.143. The van der Waals surface area contributed by atoms with Gasteiger partial charge in [0.1, 0.15) is 0 Å². The topological polar surface area (TPSA) is 64.1 Å². The number of nitrogens with zero attached hydrogens (tertiary/aromatic N) is 1. The predicted molar refractivity (Wildman–Crippen MR) is 107 cm³/mol. The minimum absolute atomic E-state index is 0.0968. The zero-order chi connectivity index (χ0) is 19.2. The van der Waals surface area contributed by atoms with Crippen molar-refractivity contribution >= 4 is 5.96 Å². The molecular formula is C20H35N3O3. The van der Waals surface area contributed by atoms with Crippen molar-refractivity contribution in [2.24, 2.45) is 4.99 Å². The lowest BCUT2D eigenvalue weighted by Crippen LogP contribution is -2.39. The lowest BCUT2D eigenvalue weighted by atomic mass is 10.1. The molecule has 1 atom stereocenters. The monoisotopic (exact) mass is 365 g/mol. The van der Waals surface area contributed by atoms with Crippen molar-refractivity contribution in [3.63, 3.8) is 0 Å². The standard InChI is InChI=1S/C20H35N3O3/c1-6-24-14-10-9-13-22-20(21-5)23-16(4)17-11-12-18(25-7-2)19(15-17)26-8-3/h11-12,15-16H,6-10,13-14H2,1-5H3,(H2,21,22,23). The third-order valence-electron chi connectivity index (χ3n) is 3.86. The summed E-state index contributed by atoms with van der Waals surface area (Å²) in [5, 5.41) is 6.76. The Labute approximate surface area is 158 Å². The molecule has 1 aromatic rings. The van der Waals surface area contributed by atoms with Crippen LogP contribution in [0.1, 0.15) is 52.1 Å². The molecule has 0 saturated carbocycles. The van der Waals surface area contributed by atoms with E-state index in [2.05, 4.69) is 28.6 Å². The first-order valence-electron chi connectivity index (χ1n) is 9.60. The van der Waals surface area contributed by atoms with Crippen LogP contribution >= 0.6 is 0 Å². The Kier molecular flexibility index (Phi) is 11.3. The summed E-state index contributed by atoms with van der Waals surface area (Å²) in [4.78, 5) is 4.30. The summed E-state index contributed by atoms with van der Waals surface area (Å²) < 4.78 is 16.7.